The Morgan fingerprint density at radius 2 is 1.88 bits per heavy atom. The summed E-state index contributed by atoms with van der Waals surface area (Å²) in [6, 6.07) is 9.57. The molecule has 0 atom stereocenters. The molecule has 0 saturated carbocycles. The third-order valence-electron chi connectivity index (χ3n) is 4.75. The number of aryl methyl sites for hydroxylation is 2. The Labute approximate surface area is 153 Å². The largest absolute Gasteiger partial charge is 0.481 e. The summed E-state index contributed by atoms with van der Waals surface area (Å²) >= 11 is 0. The van der Waals surface area contributed by atoms with Crippen molar-refractivity contribution in [1.29, 1.82) is 0 Å². The highest BCUT2D eigenvalue weighted by atomic mass is 16.5. The number of carbonyl (C=O) groups is 2. The minimum absolute atomic E-state index is 0.0269. The minimum Gasteiger partial charge on any atom is -0.481 e. The molecule has 136 valence electrons. The van der Waals surface area contributed by atoms with Crippen LogP contribution in [0.25, 0.3) is 0 Å². The number of fused-ring (bicyclic) bond motifs is 1. The fourth-order valence-corrected chi connectivity index (χ4v) is 3.24. The molecule has 1 aromatic carbocycles. The monoisotopic (exact) mass is 352 g/mol. The Kier molecular flexibility index (Phi) is 6.00. The maximum absolute atomic E-state index is 12.4. The van der Waals surface area contributed by atoms with E-state index in [9.17, 15) is 9.59 Å². The van der Waals surface area contributed by atoms with Crippen molar-refractivity contribution in [2.75, 3.05) is 7.11 Å². The van der Waals surface area contributed by atoms with Crippen LogP contribution in [-0.4, -0.2) is 23.8 Å². The molecule has 5 nitrogen and oxygen atoms in total. The first kappa shape index (κ1) is 18.1. The minimum atomic E-state index is -0.132. The van der Waals surface area contributed by atoms with Gasteiger partial charge in [-0.25, -0.2) is 4.98 Å². The second-order valence-corrected chi connectivity index (χ2v) is 6.60. The number of ketones is 1. The van der Waals surface area contributed by atoms with Gasteiger partial charge in [0.2, 0.25) is 11.8 Å². The molecule has 0 spiro atoms. The molecule has 1 amide bonds. The Hall–Kier alpha value is -2.69. The summed E-state index contributed by atoms with van der Waals surface area (Å²) in [5.41, 5.74) is 4.28. The Morgan fingerprint density at radius 3 is 2.69 bits per heavy atom. The van der Waals surface area contributed by atoms with E-state index in [1.165, 1.54) is 24.0 Å². The van der Waals surface area contributed by atoms with Crippen molar-refractivity contribution in [3.63, 3.8) is 0 Å². The normalized spacial score (nSPS) is 13.0. The second kappa shape index (κ2) is 8.61. The number of amides is 1. The molecule has 0 unspecified atom stereocenters. The Bertz CT molecular complexity index is 802. The van der Waals surface area contributed by atoms with Crippen molar-refractivity contribution >= 4 is 11.7 Å². The first-order valence-corrected chi connectivity index (χ1v) is 9.06. The molecule has 1 aliphatic rings. The van der Waals surface area contributed by atoms with Crippen LogP contribution in [0.1, 0.15) is 52.7 Å². The first-order valence-electron chi connectivity index (χ1n) is 9.06. The van der Waals surface area contributed by atoms with Gasteiger partial charge in [0.15, 0.2) is 5.78 Å². The lowest BCUT2D eigenvalue weighted by Gasteiger charge is -2.16. The fourth-order valence-electron chi connectivity index (χ4n) is 3.24. The van der Waals surface area contributed by atoms with Crippen molar-refractivity contribution in [2.24, 2.45) is 0 Å². The Balaban J connectivity index is 1.48. The van der Waals surface area contributed by atoms with Crippen molar-refractivity contribution in [2.45, 2.75) is 45.1 Å². The number of nitrogens with one attached hydrogen (secondary N) is 1. The van der Waals surface area contributed by atoms with Crippen molar-refractivity contribution in [3.05, 3.63) is 58.8 Å². The molecular formula is C21H24N2O3. The number of carbonyl (C=O) groups excluding carboxylic acids is 2. The molecule has 0 radical (unpaired) electrons. The van der Waals surface area contributed by atoms with Gasteiger partial charge in [-0.3, -0.25) is 9.59 Å². The van der Waals surface area contributed by atoms with Gasteiger partial charge in [-0.05, 0) is 54.5 Å². The van der Waals surface area contributed by atoms with Gasteiger partial charge in [-0.1, -0.05) is 12.1 Å². The van der Waals surface area contributed by atoms with Gasteiger partial charge in [0.25, 0.3) is 0 Å². The summed E-state index contributed by atoms with van der Waals surface area (Å²) in [5, 5.41) is 2.83. The number of Topliss-reactive ketones (excluding diaryl/α,β-unsaturated/α-hetero) is 1. The predicted molar refractivity (Wildman–Crippen MR) is 99.3 cm³/mol. The van der Waals surface area contributed by atoms with E-state index in [0.717, 1.165) is 24.0 Å². The molecule has 0 fully saturated rings. The van der Waals surface area contributed by atoms with E-state index in [1.807, 2.05) is 18.2 Å². The number of ether oxygens (including phenoxy) is 1. The number of rotatable bonds is 7. The SMILES string of the molecule is COc1cc(CNC(=O)CCC(=O)c2ccc3c(c2)CCCC3)ccn1. The first-order chi connectivity index (χ1) is 12.7. The highest BCUT2D eigenvalue weighted by Crippen LogP contribution is 2.23. The molecule has 1 aliphatic carbocycles. The molecule has 1 N–H and O–H groups in total. The third-order valence-corrected chi connectivity index (χ3v) is 4.75. The average Bonchev–Trinajstić information content (AvgIpc) is 2.70. The number of nitrogens with zero attached hydrogens (tertiary/aromatic N) is 1. The smallest absolute Gasteiger partial charge is 0.220 e. The molecule has 3 rings (SSSR count). The van der Waals surface area contributed by atoms with Crippen molar-refractivity contribution in [3.8, 4) is 5.88 Å². The lowest BCUT2D eigenvalue weighted by molar-refractivity contribution is -0.121. The fraction of sp³-hybridized carbons (Fsp3) is 0.381. The van der Waals surface area contributed by atoms with Crippen LogP contribution >= 0.6 is 0 Å². The van der Waals surface area contributed by atoms with Crippen LogP contribution < -0.4 is 10.1 Å². The van der Waals surface area contributed by atoms with E-state index in [1.54, 1.807) is 19.4 Å². The predicted octanol–water partition coefficient (Wildman–Crippen LogP) is 3.25. The molecule has 1 aromatic heterocycles. The second-order valence-electron chi connectivity index (χ2n) is 6.60. The van der Waals surface area contributed by atoms with Crippen LogP contribution in [0, 0.1) is 0 Å². The summed E-state index contributed by atoms with van der Waals surface area (Å²) in [6.45, 7) is 0.394. The molecule has 0 aliphatic heterocycles. The maximum Gasteiger partial charge on any atom is 0.220 e. The topological polar surface area (TPSA) is 68.3 Å². The zero-order valence-corrected chi connectivity index (χ0v) is 15.1. The van der Waals surface area contributed by atoms with Gasteiger partial charge < -0.3 is 10.1 Å². The molecule has 5 heteroatoms. The van der Waals surface area contributed by atoms with Crippen LogP contribution in [-0.2, 0) is 24.2 Å². The summed E-state index contributed by atoms with van der Waals surface area (Å²) in [4.78, 5) is 28.4. The van der Waals surface area contributed by atoms with Gasteiger partial charge in [0, 0.05) is 37.2 Å². The quantitative estimate of drug-likeness (QED) is 0.777. The van der Waals surface area contributed by atoms with E-state index >= 15 is 0 Å². The van der Waals surface area contributed by atoms with Crippen LogP contribution in [0.15, 0.2) is 36.5 Å². The molecule has 0 saturated heterocycles. The number of methoxy groups -OCH3 is 1. The van der Waals surface area contributed by atoms with Crippen molar-refractivity contribution in [1.82, 2.24) is 10.3 Å². The van der Waals surface area contributed by atoms with E-state index < -0.39 is 0 Å². The summed E-state index contributed by atoms with van der Waals surface area (Å²) in [5.74, 6) is 0.408. The lowest BCUT2D eigenvalue weighted by atomic mass is 9.89. The van der Waals surface area contributed by atoms with Crippen LogP contribution in [0.4, 0.5) is 0 Å². The van der Waals surface area contributed by atoms with Gasteiger partial charge in [-0.15, -0.1) is 0 Å². The van der Waals surface area contributed by atoms with E-state index in [0.29, 0.717) is 12.4 Å². The van der Waals surface area contributed by atoms with Crippen LogP contribution in [0.2, 0.25) is 0 Å². The van der Waals surface area contributed by atoms with E-state index in [-0.39, 0.29) is 24.5 Å². The standard InChI is InChI=1S/C21H24N2O3/c1-26-21-12-15(10-11-22-21)14-23-20(25)9-8-19(24)18-7-6-16-4-2-3-5-17(16)13-18/h6-7,10-13H,2-5,8-9,14H2,1H3,(H,23,25). The highest BCUT2D eigenvalue weighted by molar-refractivity contribution is 5.98. The number of benzene rings is 1. The molecular weight excluding hydrogens is 328 g/mol. The zero-order valence-electron chi connectivity index (χ0n) is 15.1. The summed E-state index contributed by atoms with van der Waals surface area (Å²) in [6.07, 6.45) is 6.62. The molecule has 1 heterocycles. The van der Waals surface area contributed by atoms with E-state index in [2.05, 4.69) is 16.4 Å². The summed E-state index contributed by atoms with van der Waals surface area (Å²) < 4.78 is 5.06. The molecule has 2 aromatic rings. The molecule has 0 bridgehead atoms. The van der Waals surface area contributed by atoms with Gasteiger partial charge in [0.1, 0.15) is 0 Å². The van der Waals surface area contributed by atoms with Crippen molar-refractivity contribution < 1.29 is 14.3 Å². The van der Waals surface area contributed by atoms with Crippen LogP contribution in [0.5, 0.6) is 5.88 Å². The number of hydrogen-bond donors (Lipinski definition) is 1. The molecule has 26 heavy (non-hydrogen) atoms. The van der Waals surface area contributed by atoms with Crippen LogP contribution in [0.3, 0.4) is 0 Å². The van der Waals surface area contributed by atoms with Gasteiger partial charge >= 0.3 is 0 Å². The van der Waals surface area contributed by atoms with Gasteiger partial charge in [-0.2, -0.15) is 0 Å². The Morgan fingerprint density at radius 1 is 1.08 bits per heavy atom. The van der Waals surface area contributed by atoms with E-state index in [4.69, 9.17) is 4.74 Å². The zero-order chi connectivity index (χ0) is 18.4. The van der Waals surface area contributed by atoms with Gasteiger partial charge in [0.05, 0.1) is 7.11 Å². The highest BCUT2D eigenvalue weighted by Gasteiger charge is 2.14. The average molecular weight is 352 g/mol. The number of aromatic nitrogens is 1. The number of hydrogen-bond acceptors (Lipinski definition) is 4. The third kappa shape index (κ3) is 4.69. The lowest BCUT2D eigenvalue weighted by Crippen LogP contribution is -2.23. The summed E-state index contributed by atoms with van der Waals surface area (Å²) in [7, 11) is 1.55. The maximum atomic E-state index is 12.4. The number of pyridine rings is 1.